The van der Waals surface area contributed by atoms with E-state index in [1.54, 1.807) is 11.0 Å². The lowest BCUT2D eigenvalue weighted by Gasteiger charge is -2.61. The highest BCUT2D eigenvalue weighted by Gasteiger charge is 2.56. The number of hydrogen-bond donors (Lipinski definition) is 3. The fourth-order valence-corrected chi connectivity index (χ4v) is 7.65. The van der Waals surface area contributed by atoms with Crippen LogP contribution in [0.5, 0.6) is 5.75 Å². The molecule has 0 aromatic heterocycles. The van der Waals surface area contributed by atoms with E-state index in [9.17, 15) is 24.6 Å². The summed E-state index contributed by atoms with van der Waals surface area (Å²) in [7, 11) is 0. The molecule has 7 atom stereocenters. The van der Waals surface area contributed by atoms with E-state index < -0.39 is 24.2 Å². The van der Waals surface area contributed by atoms with Gasteiger partial charge in [-0.05, 0) is 67.9 Å². The molecule has 6 rings (SSSR count). The predicted molar refractivity (Wildman–Crippen MR) is 146 cm³/mol. The zero-order chi connectivity index (χ0) is 27.9. The minimum absolute atomic E-state index is 0.0456. The molecule has 2 bridgehead atoms. The van der Waals surface area contributed by atoms with Crippen LogP contribution in [-0.2, 0) is 14.4 Å². The topological polar surface area (TPSA) is 116 Å². The van der Waals surface area contributed by atoms with Crippen LogP contribution in [-0.4, -0.2) is 70.7 Å². The van der Waals surface area contributed by atoms with Gasteiger partial charge in [-0.15, -0.1) is 0 Å². The highest BCUT2D eigenvalue weighted by molar-refractivity contribution is 5.96. The van der Waals surface area contributed by atoms with E-state index in [0.29, 0.717) is 42.5 Å². The average Bonchev–Trinajstić information content (AvgIpc) is 3.31. The van der Waals surface area contributed by atoms with E-state index in [1.165, 1.54) is 13.3 Å². The summed E-state index contributed by atoms with van der Waals surface area (Å²) in [6.45, 7) is 6.60. The maximum Gasteiger partial charge on any atom is 0.247 e. The Hall–Kier alpha value is -2.71. The first-order chi connectivity index (χ1) is 18.6. The van der Waals surface area contributed by atoms with Gasteiger partial charge in [0, 0.05) is 37.1 Å². The van der Waals surface area contributed by atoms with Crippen molar-refractivity contribution in [2.75, 3.05) is 19.7 Å². The molecule has 5 aliphatic rings. The quantitative estimate of drug-likeness (QED) is 0.422. The average molecular weight is 539 g/mol. The Bertz CT molecular complexity index is 1140. The van der Waals surface area contributed by atoms with Gasteiger partial charge in [0.15, 0.2) is 0 Å². The first-order valence-corrected chi connectivity index (χ1v) is 14.5. The van der Waals surface area contributed by atoms with Crippen molar-refractivity contribution in [2.24, 2.45) is 23.2 Å². The summed E-state index contributed by atoms with van der Waals surface area (Å²) in [5, 5.41) is 23.8. The van der Waals surface area contributed by atoms with Crippen LogP contribution < -0.4 is 10.1 Å². The van der Waals surface area contributed by atoms with Crippen LogP contribution in [0.4, 0.5) is 0 Å². The Morgan fingerprint density at radius 2 is 1.92 bits per heavy atom. The monoisotopic (exact) mass is 538 g/mol. The predicted octanol–water partition coefficient (Wildman–Crippen LogP) is 2.97. The summed E-state index contributed by atoms with van der Waals surface area (Å²) in [4.78, 5) is 40.5. The molecule has 1 aromatic carbocycles. The molecule has 3 fully saturated rings. The number of carbonyl (C=O) groups is 3. The molecule has 0 spiro atoms. The van der Waals surface area contributed by atoms with Crippen LogP contribution in [0.25, 0.3) is 0 Å². The van der Waals surface area contributed by atoms with E-state index in [1.807, 2.05) is 24.3 Å². The number of carbonyl (C=O) groups excluding carboxylic acids is 3. The standard InChI is InChI=1S/C31H42N2O6/c1-18(35)7-6-10-26(36)33(17-19-11-12-20-15-23(19)31(20,2)3)24-16-22(30(38)32-13-14-34)27-21-8-4-5-9-25(21)39-29(27)28(24)37/h4-5,8-9,16,19-20,23-24,27-29,34,37H,6-7,10-15,17H2,1-3H3,(H,32,38). The smallest absolute Gasteiger partial charge is 0.247 e. The van der Waals surface area contributed by atoms with E-state index >= 15 is 0 Å². The van der Waals surface area contributed by atoms with Crippen molar-refractivity contribution in [3.8, 4) is 5.75 Å². The third-order valence-electron chi connectivity index (χ3n) is 9.91. The molecule has 39 heavy (non-hydrogen) atoms. The number of ketones is 1. The van der Waals surface area contributed by atoms with Crippen molar-refractivity contribution in [2.45, 2.75) is 83.5 Å². The molecule has 3 saturated carbocycles. The Balaban J connectivity index is 1.48. The number of Topliss-reactive ketones (excluding diaryl/α,β-unsaturated/α-hetero) is 1. The molecular weight excluding hydrogens is 496 g/mol. The van der Waals surface area contributed by atoms with Crippen LogP contribution in [0.15, 0.2) is 35.9 Å². The van der Waals surface area contributed by atoms with E-state index in [2.05, 4.69) is 19.2 Å². The first kappa shape index (κ1) is 27.8. The van der Waals surface area contributed by atoms with E-state index in [-0.39, 0.29) is 42.6 Å². The summed E-state index contributed by atoms with van der Waals surface area (Å²) in [5.41, 5.74) is 1.52. The lowest BCUT2D eigenvalue weighted by atomic mass is 9.45. The van der Waals surface area contributed by atoms with Gasteiger partial charge in [0.25, 0.3) is 0 Å². The molecule has 212 valence electrons. The van der Waals surface area contributed by atoms with Gasteiger partial charge >= 0.3 is 0 Å². The van der Waals surface area contributed by atoms with Gasteiger partial charge in [0.2, 0.25) is 11.8 Å². The van der Waals surface area contributed by atoms with Crippen molar-refractivity contribution in [3.63, 3.8) is 0 Å². The Labute approximate surface area is 230 Å². The number of nitrogens with one attached hydrogen (secondary N) is 1. The van der Waals surface area contributed by atoms with Crippen molar-refractivity contribution < 1.29 is 29.3 Å². The van der Waals surface area contributed by atoms with Gasteiger partial charge in [0.05, 0.1) is 18.6 Å². The molecule has 0 saturated heterocycles. The lowest BCUT2D eigenvalue weighted by Crippen LogP contribution is -2.59. The SMILES string of the molecule is CC(=O)CCCC(=O)N(CC1CCC2CC1C2(C)C)C1C=C(C(=O)NCCO)C2c3ccccc3OC2C1O. The van der Waals surface area contributed by atoms with Gasteiger partial charge in [-0.25, -0.2) is 0 Å². The molecule has 1 aromatic rings. The largest absolute Gasteiger partial charge is 0.486 e. The van der Waals surface area contributed by atoms with Crippen molar-refractivity contribution >= 4 is 17.6 Å². The van der Waals surface area contributed by atoms with E-state index in [4.69, 9.17) is 4.74 Å². The Morgan fingerprint density at radius 1 is 1.15 bits per heavy atom. The zero-order valence-corrected chi connectivity index (χ0v) is 23.3. The minimum atomic E-state index is -1.03. The highest BCUT2D eigenvalue weighted by atomic mass is 16.5. The minimum Gasteiger partial charge on any atom is -0.486 e. The fraction of sp³-hybridized carbons (Fsp3) is 0.645. The number of amides is 2. The second-order valence-electron chi connectivity index (χ2n) is 12.5. The number of para-hydroxylation sites is 1. The molecule has 4 aliphatic carbocycles. The van der Waals surface area contributed by atoms with Crippen molar-refractivity contribution in [3.05, 3.63) is 41.5 Å². The molecule has 8 nitrogen and oxygen atoms in total. The van der Waals surface area contributed by atoms with Crippen LogP contribution in [0.1, 0.15) is 70.8 Å². The number of nitrogens with zero attached hydrogens (tertiary/aromatic N) is 1. The number of benzene rings is 1. The second-order valence-corrected chi connectivity index (χ2v) is 12.5. The number of ether oxygens (including phenoxy) is 1. The summed E-state index contributed by atoms with van der Waals surface area (Å²) in [6.07, 6.45) is 4.37. The van der Waals surface area contributed by atoms with Gasteiger partial charge in [0.1, 0.15) is 23.7 Å². The number of rotatable bonds is 10. The maximum absolute atomic E-state index is 13.8. The summed E-state index contributed by atoms with van der Waals surface area (Å²) >= 11 is 0. The second kappa shape index (κ2) is 11.0. The summed E-state index contributed by atoms with van der Waals surface area (Å²) < 4.78 is 6.23. The molecule has 7 unspecified atom stereocenters. The zero-order valence-electron chi connectivity index (χ0n) is 23.3. The van der Waals surface area contributed by atoms with Crippen molar-refractivity contribution in [1.29, 1.82) is 0 Å². The van der Waals surface area contributed by atoms with Crippen molar-refractivity contribution in [1.82, 2.24) is 10.2 Å². The number of aliphatic hydroxyl groups excluding tert-OH is 2. The van der Waals surface area contributed by atoms with Crippen LogP contribution >= 0.6 is 0 Å². The summed E-state index contributed by atoms with van der Waals surface area (Å²) in [6, 6.07) is 6.74. The van der Waals surface area contributed by atoms with Gasteiger partial charge in [-0.2, -0.15) is 0 Å². The Kier molecular flexibility index (Phi) is 7.89. The van der Waals surface area contributed by atoms with E-state index in [0.717, 1.165) is 24.3 Å². The maximum atomic E-state index is 13.8. The van der Waals surface area contributed by atoms with Gasteiger partial charge < -0.3 is 30.0 Å². The molecule has 1 heterocycles. The number of aliphatic hydroxyl groups is 2. The third-order valence-corrected chi connectivity index (χ3v) is 9.91. The third kappa shape index (κ3) is 5.13. The van der Waals surface area contributed by atoms with Gasteiger partial charge in [-0.3, -0.25) is 9.59 Å². The van der Waals surface area contributed by atoms with Crippen LogP contribution in [0.2, 0.25) is 0 Å². The van der Waals surface area contributed by atoms with Crippen LogP contribution in [0.3, 0.4) is 0 Å². The van der Waals surface area contributed by atoms with Gasteiger partial charge in [-0.1, -0.05) is 32.0 Å². The fourth-order valence-electron chi connectivity index (χ4n) is 7.65. The lowest BCUT2D eigenvalue weighted by molar-refractivity contribution is -0.146. The first-order valence-electron chi connectivity index (χ1n) is 14.5. The normalized spacial score (nSPS) is 31.6. The highest BCUT2D eigenvalue weighted by Crippen LogP contribution is 2.61. The Morgan fingerprint density at radius 3 is 2.62 bits per heavy atom. The molecule has 2 amide bonds. The molecule has 1 aliphatic heterocycles. The number of fused-ring (bicyclic) bond motifs is 5. The molecule has 0 radical (unpaired) electrons. The molecular formula is C31H42N2O6. The molecule has 8 heteroatoms. The van der Waals surface area contributed by atoms with Crippen LogP contribution in [0, 0.1) is 23.2 Å². The molecule has 3 N–H and O–H groups in total. The summed E-state index contributed by atoms with van der Waals surface area (Å²) in [5.74, 6) is 1.31. The number of hydrogen-bond acceptors (Lipinski definition) is 6.